The summed E-state index contributed by atoms with van der Waals surface area (Å²) in [5, 5.41) is 0. The fraction of sp³-hybridized carbons (Fsp3) is 0.214. The molecule has 0 fully saturated rings. The number of para-hydroxylation sites is 2. The first-order valence-electron chi connectivity index (χ1n) is 17.5. The normalized spacial score (nSPS) is 13.2. The van der Waals surface area contributed by atoms with Gasteiger partial charge in [-0.1, -0.05) is 93.6 Å². The van der Waals surface area contributed by atoms with Crippen molar-refractivity contribution in [1.29, 1.82) is 0 Å². The van der Waals surface area contributed by atoms with Crippen molar-refractivity contribution in [2.45, 2.75) is 39.0 Å². The number of aromatic nitrogens is 3. The molecule has 1 N–H and O–H groups in total. The van der Waals surface area contributed by atoms with Gasteiger partial charge in [-0.3, -0.25) is 4.55 Å². The van der Waals surface area contributed by atoms with Crippen molar-refractivity contribution < 1.29 is 27.2 Å². The highest BCUT2D eigenvalue weighted by Crippen LogP contribution is 2.55. The van der Waals surface area contributed by atoms with Crippen LogP contribution in [0.15, 0.2) is 121 Å². The van der Waals surface area contributed by atoms with Crippen molar-refractivity contribution in [2.24, 2.45) is 0 Å². The van der Waals surface area contributed by atoms with E-state index in [0.29, 0.717) is 29.8 Å². The first-order chi connectivity index (χ1) is 25.6. The van der Waals surface area contributed by atoms with Gasteiger partial charge in [0, 0.05) is 16.5 Å². The van der Waals surface area contributed by atoms with Crippen LogP contribution in [0.2, 0.25) is 0 Å². The summed E-state index contributed by atoms with van der Waals surface area (Å²) in [7, 11) is -4.08. The molecule has 5 aromatic carbocycles. The number of hydrogen-bond donors (Lipinski definition) is 1. The van der Waals surface area contributed by atoms with Crippen molar-refractivity contribution in [3.63, 3.8) is 0 Å². The zero-order chi connectivity index (χ0) is 37.0. The van der Waals surface area contributed by atoms with E-state index in [1.54, 1.807) is 0 Å². The van der Waals surface area contributed by atoms with Crippen LogP contribution in [0.5, 0.6) is 23.3 Å². The van der Waals surface area contributed by atoms with E-state index in [4.69, 9.17) is 29.2 Å². The van der Waals surface area contributed by atoms with Crippen molar-refractivity contribution in [1.82, 2.24) is 15.0 Å². The molecule has 1 aromatic heterocycles. The number of ether oxygens (including phenoxy) is 3. The minimum absolute atomic E-state index is 0.132. The summed E-state index contributed by atoms with van der Waals surface area (Å²) in [5.74, 6) is 2.51. The van der Waals surface area contributed by atoms with Gasteiger partial charge >= 0.3 is 6.01 Å². The lowest BCUT2D eigenvalue weighted by molar-refractivity contribution is 0.315. The summed E-state index contributed by atoms with van der Waals surface area (Å²) in [6.45, 7) is 7.13. The fourth-order valence-corrected chi connectivity index (χ4v) is 6.93. The molecule has 2 heterocycles. The average molecular weight is 729 g/mol. The largest absolute Gasteiger partial charge is 0.494 e. The molecule has 0 aliphatic carbocycles. The number of fused-ring (bicyclic) bond motifs is 2. The number of nitrogens with zero attached hydrogens (tertiary/aromatic N) is 4. The van der Waals surface area contributed by atoms with Crippen molar-refractivity contribution in [3.8, 4) is 46.0 Å². The molecule has 0 unspecified atom stereocenters. The molecule has 270 valence electrons. The third-order valence-corrected chi connectivity index (χ3v) is 9.84. The van der Waals surface area contributed by atoms with E-state index in [1.165, 1.54) is 0 Å². The molecule has 0 radical (unpaired) electrons. The molecular weight excluding hydrogens is 689 g/mol. The van der Waals surface area contributed by atoms with Gasteiger partial charge < -0.3 is 19.1 Å². The Morgan fingerprint density at radius 1 is 0.660 bits per heavy atom. The molecule has 11 heteroatoms. The van der Waals surface area contributed by atoms with Gasteiger partial charge in [-0.25, -0.2) is 4.98 Å². The van der Waals surface area contributed by atoms with Crippen LogP contribution in [-0.4, -0.2) is 46.9 Å². The van der Waals surface area contributed by atoms with Gasteiger partial charge in [0.15, 0.2) is 17.4 Å². The molecule has 10 nitrogen and oxygen atoms in total. The predicted molar refractivity (Wildman–Crippen MR) is 206 cm³/mol. The Hall–Kier alpha value is -5.78. The van der Waals surface area contributed by atoms with E-state index in [9.17, 15) is 13.0 Å². The molecule has 0 amide bonds. The van der Waals surface area contributed by atoms with E-state index in [0.717, 1.165) is 51.5 Å². The van der Waals surface area contributed by atoms with E-state index in [-0.39, 0.29) is 24.8 Å². The summed E-state index contributed by atoms with van der Waals surface area (Å²) in [6.07, 6.45) is 1.04. The maximum atomic E-state index is 11.3. The Labute approximate surface area is 309 Å². The maximum Gasteiger partial charge on any atom is 0.326 e. The van der Waals surface area contributed by atoms with Crippen molar-refractivity contribution in [3.05, 3.63) is 132 Å². The summed E-state index contributed by atoms with van der Waals surface area (Å²) in [4.78, 5) is 16.5. The fourth-order valence-electron chi connectivity index (χ4n) is 6.45. The standard InChI is InChI=1S/C42H40N4O6S/c1-4-24-50-31-20-22-35-33(27-31)42(2,3)34-28-32(51-25-13-26-53(47,48)49)21-23-36(34)46(35)37-18-11-12-19-38(37)52-41-44-39(29-14-7-5-8-15-29)43-40(45-41)30-16-9-6-10-17-30/h5-12,14-23,27-28H,4,13,24-26H2,1-3H3,(H,47,48,49). The van der Waals surface area contributed by atoms with Crippen LogP contribution in [0, 0.1) is 0 Å². The van der Waals surface area contributed by atoms with Crippen LogP contribution in [0.1, 0.15) is 44.7 Å². The smallest absolute Gasteiger partial charge is 0.326 e. The van der Waals surface area contributed by atoms with Gasteiger partial charge in [0.05, 0.1) is 36.0 Å². The Morgan fingerprint density at radius 3 is 1.74 bits per heavy atom. The van der Waals surface area contributed by atoms with E-state index < -0.39 is 15.5 Å². The zero-order valence-corrected chi connectivity index (χ0v) is 30.6. The molecular formula is C42H40N4O6S. The summed E-state index contributed by atoms with van der Waals surface area (Å²) < 4.78 is 50.5. The summed E-state index contributed by atoms with van der Waals surface area (Å²) in [6, 6.07) is 39.4. The third kappa shape index (κ3) is 7.86. The van der Waals surface area contributed by atoms with Gasteiger partial charge in [0.25, 0.3) is 10.1 Å². The lowest BCUT2D eigenvalue weighted by Gasteiger charge is -2.42. The van der Waals surface area contributed by atoms with E-state index >= 15 is 0 Å². The lowest BCUT2D eigenvalue weighted by atomic mass is 9.73. The highest BCUT2D eigenvalue weighted by atomic mass is 32.2. The predicted octanol–water partition coefficient (Wildman–Crippen LogP) is 9.55. The van der Waals surface area contributed by atoms with Crippen LogP contribution < -0.4 is 19.1 Å². The van der Waals surface area contributed by atoms with E-state index in [2.05, 4.69) is 37.8 Å². The van der Waals surface area contributed by atoms with Crippen molar-refractivity contribution >= 4 is 27.2 Å². The Kier molecular flexibility index (Phi) is 10.1. The lowest BCUT2D eigenvalue weighted by Crippen LogP contribution is -2.31. The summed E-state index contributed by atoms with van der Waals surface area (Å²) >= 11 is 0. The second-order valence-electron chi connectivity index (χ2n) is 13.2. The first-order valence-corrected chi connectivity index (χ1v) is 19.2. The molecule has 0 saturated carbocycles. The molecule has 7 rings (SSSR count). The minimum atomic E-state index is -4.08. The third-order valence-electron chi connectivity index (χ3n) is 9.04. The molecule has 0 bridgehead atoms. The number of benzene rings is 5. The monoisotopic (exact) mass is 728 g/mol. The van der Waals surface area contributed by atoms with Crippen LogP contribution in [0.25, 0.3) is 22.8 Å². The minimum Gasteiger partial charge on any atom is -0.494 e. The Morgan fingerprint density at radius 2 is 1.19 bits per heavy atom. The Balaban J connectivity index is 1.33. The number of hydrogen-bond acceptors (Lipinski definition) is 9. The van der Waals surface area contributed by atoms with E-state index in [1.807, 2.05) is 109 Å². The second kappa shape index (κ2) is 15.1. The molecule has 0 spiro atoms. The molecule has 1 aliphatic heterocycles. The van der Waals surface area contributed by atoms with Crippen LogP contribution in [0.3, 0.4) is 0 Å². The number of anilines is 3. The molecule has 6 aromatic rings. The SMILES string of the molecule is CCCOc1ccc2c(c1)C(C)(C)c1cc(OCCCS(=O)(=O)O)ccc1N2c1ccccc1Oc1nc(-c2ccccc2)nc(-c2ccccc2)n1. The topological polar surface area (TPSA) is 124 Å². The molecule has 0 saturated heterocycles. The number of rotatable bonds is 13. The van der Waals surface area contributed by atoms with Crippen LogP contribution in [0.4, 0.5) is 17.1 Å². The quantitative estimate of drug-likeness (QED) is 0.0908. The highest BCUT2D eigenvalue weighted by molar-refractivity contribution is 7.85. The van der Waals surface area contributed by atoms with Crippen LogP contribution in [-0.2, 0) is 15.5 Å². The summed E-state index contributed by atoms with van der Waals surface area (Å²) in [5.41, 5.74) is 5.84. The first kappa shape index (κ1) is 35.6. The van der Waals surface area contributed by atoms with Gasteiger partial charge in [0.2, 0.25) is 0 Å². The zero-order valence-electron chi connectivity index (χ0n) is 29.8. The van der Waals surface area contributed by atoms with Crippen molar-refractivity contribution in [2.75, 3.05) is 23.9 Å². The van der Waals surface area contributed by atoms with Gasteiger partial charge in [-0.2, -0.15) is 18.4 Å². The van der Waals surface area contributed by atoms with Gasteiger partial charge in [0.1, 0.15) is 11.5 Å². The average Bonchev–Trinajstić information content (AvgIpc) is 3.17. The maximum absolute atomic E-state index is 11.3. The van der Waals surface area contributed by atoms with Gasteiger partial charge in [-0.15, -0.1) is 0 Å². The Bertz CT molecular complexity index is 2280. The molecule has 0 atom stereocenters. The van der Waals surface area contributed by atoms with Crippen LogP contribution >= 0.6 is 0 Å². The molecule has 1 aliphatic rings. The molecule has 53 heavy (non-hydrogen) atoms. The highest BCUT2D eigenvalue weighted by Gasteiger charge is 2.38. The van der Waals surface area contributed by atoms with Gasteiger partial charge in [-0.05, 0) is 72.5 Å². The second-order valence-corrected chi connectivity index (χ2v) is 14.8.